The molecule has 0 radical (unpaired) electrons. The van der Waals surface area contributed by atoms with Gasteiger partial charge in [0.15, 0.2) is 0 Å². The van der Waals surface area contributed by atoms with Crippen LogP contribution in [0.5, 0.6) is 0 Å². The van der Waals surface area contributed by atoms with Crippen molar-refractivity contribution in [1.82, 2.24) is 0 Å². The fraction of sp³-hybridized carbons (Fsp3) is 0.400. The first-order valence-electron chi connectivity index (χ1n) is 5.05. The number of aliphatic hydroxyl groups is 1. The Hall–Kier alpha value is -0.693. The molecule has 0 spiro atoms. The molecule has 90 valence electrons. The molecule has 16 heavy (non-hydrogen) atoms. The lowest BCUT2D eigenvalue weighted by atomic mass is 10.2. The van der Waals surface area contributed by atoms with Crippen molar-refractivity contribution in [1.29, 1.82) is 0 Å². The smallest absolute Gasteiger partial charge is 0.294 e. The van der Waals surface area contributed by atoms with Gasteiger partial charge in [-0.1, -0.05) is 24.2 Å². The lowest BCUT2D eigenvalue weighted by Gasteiger charge is -2.12. The average Bonchev–Trinajstić information content (AvgIpc) is 2.17. The zero-order valence-corrected chi connectivity index (χ0v) is 11.3. The van der Waals surface area contributed by atoms with Gasteiger partial charge in [0, 0.05) is 5.73 Å². The van der Waals surface area contributed by atoms with Gasteiger partial charge in [0.2, 0.25) is 0 Å². The molecule has 0 saturated heterocycles. The lowest BCUT2D eigenvalue weighted by Crippen LogP contribution is -2.27. The first kappa shape index (κ1) is 13.4. The molecule has 1 aromatic carbocycles. The van der Waals surface area contributed by atoms with Gasteiger partial charge in [0.25, 0.3) is 10.1 Å². The number of rotatable bonds is 4. The van der Waals surface area contributed by atoms with Crippen molar-refractivity contribution in [2.75, 3.05) is 0 Å². The molecule has 0 aliphatic heterocycles. The molecule has 0 heterocycles. The maximum atomic E-state index is 10.8. The molecule has 1 rings (SSSR count). The highest BCUT2D eigenvalue weighted by Crippen LogP contribution is 2.12. The molecule has 2 N–H and O–H groups in total. The minimum absolute atomic E-state index is 0.0948. The van der Waals surface area contributed by atoms with Crippen molar-refractivity contribution in [3.05, 3.63) is 29.8 Å². The maximum Gasteiger partial charge on any atom is 0.294 e. The van der Waals surface area contributed by atoms with Gasteiger partial charge in [0.05, 0.1) is 13.7 Å². The van der Waals surface area contributed by atoms with Gasteiger partial charge in [-0.15, -0.1) is 0 Å². The molecule has 4 nitrogen and oxygen atoms in total. The number of aliphatic hydroxyl groups excluding tert-OH is 1. The molecule has 1 aromatic rings. The summed E-state index contributed by atoms with van der Waals surface area (Å²) in [4.78, 5) is -0.0948. The molecule has 2 atom stereocenters. The van der Waals surface area contributed by atoms with E-state index in [1.165, 1.54) is 12.1 Å². The van der Waals surface area contributed by atoms with Gasteiger partial charge in [-0.3, -0.25) is 4.55 Å². The van der Waals surface area contributed by atoms with Gasteiger partial charge in [0.1, 0.15) is 0 Å². The molecule has 0 aromatic heterocycles. The summed E-state index contributed by atoms with van der Waals surface area (Å²) < 4.78 is 30.4. The van der Waals surface area contributed by atoms with Gasteiger partial charge in [-0.2, -0.15) is 8.42 Å². The van der Waals surface area contributed by atoms with E-state index in [-0.39, 0.29) is 10.6 Å². The Morgan fingerprint density at radius 3 is 2.19 bits per heavy atom. The Bertz CT molecular complexity index is 438. The third kappa shape index (κ3) is 3.71. The highest BCUT2D eigenvalue weighted by Gasteiger charge is 2.13. The summed E-state index contributed by atoms with van der Waals surface area (Å²) in [6, 6.07) is 6.93. The molecule has 0 bridgehead atoms. The highest BCUT2D eigenvalue weighted by atomic mass is 32.2. The Labute approximate surface area is 97.3 Å². The Morgan fingerprint density at radius 1 is 1.31 bits per heavy atom. The average molecular weight is 260 g/mol. The number of benzene rings is 1. The fourth-order valence-electron chi connectivity index (χ4n) is 1.34. The van der Waals surface area contributed by atoms with Crippen LogP contribution in [0.25, 0.3) is 0 Å². The van der Waals surface area contributed by atoms with Crippen LogP contribution in [0.4, 0.5) is 0 Å². The van der Waals surface area contributed by atoms with Crippen molar-refractivity contribution >= 4 is 18.9 Å². The predicted molar refractivity (Wildman–Crippen MR) is 64.7 cm³/mol. The first-order chi connectivity index (χ1) is 7.30. The van der Waals surface area contributed by atoms with E-state index in [2.05, 4.69) is 6.55 Å². The molecule has 0 unspecified atom stereocenters. The highest BCUT2D eigenvalue weighted by molar-refractivity contribution is 7.85. The normalized spacial score (nSPS) is 15.8. The van der Waals surface area contributed by atoms with E-state index >= 15 is 0 Å². The quantitative estimate of drug-likeness (QED) is 0.620. The summed E-state index contributed by atoms with van der Waals surface area (Å²) in [6.07, 6.45) is 0. The monoisotopic (exact) mass is 260 g/mol. The largest absolute Gasteiger partial charge is 0.397 e. The molecule has 0 fully saturated rings. The standard InChI is InChI=1S/C10H16O4SSi/c1-8(11)16(2)7-9-3-5-10(6-4-9)15(12,13)14/h3-6,8,11,16H,7H2,1-2H3,(H,12,13,14)/t8-,16+/m1/s1. The zero-order valence-electron chi connectivity index (χ0n) is 9.29. The van der Waals surface area contributed by atoms with Gasteiger partial charge in [-0.25, -0.2) is 0 Å². The third-order valence-corrected chi connectivity index (χ3v) is 6.23. The minimum Gasteiger partial charge on any atom is -0.397 e. The van der Waals surface area contributed by atoms with Gasteiger partial charge >= 0.3 is 0 Å². The van der Waals surface area contributed by atoms with Crippen molar-refractivity contribution in [3.8, 4) is 0 Å². The van der Waals surface area contributed by atoms with Crippen LogP contribution < -0.4 is 0 Å². The van der Waals surface area contributed by atoms with Crippen LogP contribution >= 0.6 is 0 Å². The van der Waals surface area contributed by atoms with Crippen molar-refractivity contribution in [3.63, 3.8) is 0 Å². The van der Waals surface area contributed by atoms with Crippen LogP contribution in [0.1, 0.15) is 12.5 Å². The Morgan fingerprint density at radius 2 is 1.81 bits per heavy atom. The predicted octanol–water partition coefficient (Wildman–Crippen LogP) is 0.792. The van der Waals surface area contributed by atoms with Crippen LogP contribution in [0.15, 0.2) is 29.2 Å². The van der Waals surface area contributed by atoms with Crippen LogP contribution in [0.2, 0.25) is 6.55 Å². The second-order valence-electron chi connectivity index (χ2n) is 4.04. The van der Waals surface area contributed by atoms with Crippen molar-refractivity contribution < 1.29 is 18.1 Å². The zero-order chi connectivity index (χ0) is 12.3. The second-order valence-corrected chi connectivity index (χ2v) is 8.79. The Kier molecular flexibility index (Phi) is 4.26. The van der Waals surface area contributed by atoms with E-state index in [4.69, 9.17) is 4.55 Å². The fourth-order valence-corrected chi connectivity index (χ4v) is 3.18. The summed E-state index contributed by atoms with van der Waals surface area (Å²) in [6.45, 7) is 3.84. The molecule has 0 aliphatic rings. The van der Waals surface area contributed by atoms with E-state index < -0.39 is 18.9 Å². The van der Waals surface area contributed by atoms with E-state index in [9.17, 15) is 13.5 Å². The topological polar surface area (TPSA) is 74.6 Å². The second kappa shape index (κ2) is 5.09. The summed E-state index contributed by atoms with van der Waals surface area (Å²) in [5.74, 6) is 0. The molecular weight excluding hydrogens is 244 g/mol. The van der Waals surface area contributed by atoms with Gasteiger partial charge in [-0.05, 0) is 25.1 Å². The summed E-state index contributed by atoms with van der Waals surface area (Å²) in [5.41, 5.74) is 0.730. The van der Waals surface area contributed by atoms with Crippen molar-refractivity contribution in [2.24, 2.45) is 0 Å². The lowest BCUT2D eigenvalue weighted by molar-refractivity contribution is 0.268. The van der Waals surface area contributed by atoms with Crippen LogP contribution in [0.3, 0.4) is 0 Å². The van der Waals surface area contributed by atoms with E-state index in [0.717, 1.165) is 11.6 Å². The number of hydrogen-bond donors (Lipinski definition) is 2. The van der Waals surface area contributed by atoms with Crippen molar-refractivity contribution in [2.45, 2.75) is 30.1 Å². The SMILES string of the molecule is C[C@H](O)[Si@@H](C)Cc1ccc(S(=O)(=O)O)cc1. The maximum absolute atomic E-state index is 10.8. The molecule has 6 heteroatoms. The minimum atomic E-state index is -4.10. The van der Waals surface area contributed by atoms with E-state index in [0.29, 0.717) is 0 Å². The van der Waals surface area contributed by atoms with Crippen LogP contribution in [0, 0.1) is 0 Å². The molecule has 0 amide bonds. The van der Waals surface area contributed by atoms with Crippen LogP contribution in [-0.4, -0.2) is 32.6 Å². The number of hydrogen-bond acceptors (Lipinski definition) is 3. The van der Waals surface area contributed by atoms with Crippen LogP contribution in [-0.2, 0) is 16.2 Å². The summed E-state index contributed by atoms with van der Waals surface area (Å²) >= 11 is 0. The third-order valence-electron chi connectivity index (χ3n) is 2.60. The Balaban J connectivity index is 2.80. The first-order valence-corrected chi connectivity index (χ1v) is 9.13. The van der Waals surface area contributed by atoms with E-state index in [1.54, 1.807) is 19.1 Å². The molecule has 0 aliphatic carbocycles. The molecular formula is C10H16O4SSi. The van der Waals surface area contributed by atoms with E-state index in [1.807, 2.05) is 0 Å². The molecule has 0 saturated carbocycles. The summed E-state index contributed by atoms with van der Waals surface area (Å²) in [7, 11) is -5.32. The van der Waals surface area contributed by atoms with Gasteiger partial charge < -0.3 is 5.11 Å². The summed E-state index contributed by atoms with van der Waals surface area (Å²) in [5, 5.41) is 9.39.